The Hall–Kier alpha value is -3.00. The maximum absolute atomic E-state index is 13.7. The van der Waals surface area contributed by atoms with Gasteiger partial charge < -0.3 is 24.6 Å². The second kappa shape index (κ2) is 10.1. The number of nitrogens with one attached hydrogen (secondary N) is 1. The highest BCUT2D eigenvalue weighted by molar-refractivity contribution is 6.32. The number of aromatic hydroxyl groups is 1. The fourth-order valence-electron chi connectivity index (χ4n) is 4.59. The van der Waals surface area contributed by atoms with Crippen molar-refractivity contribution < 1.29 is 33.7 Å². The molecule has 3 rings (SSSR count). The highest BCUT2D eigenvalue weighted by Crippen LogP contribution is 2.48. The van der Waals surface area contributed by atoms with Gasteiger partial charge in [-0.05, 0) is 57.7 Å². The molecule has 0 radical (unpaired) electrons. The third kappa shape index (κ3) is 4.64. The molecule has 1 heterocycles. The summed E-state index contributed by atoms with van der Waals surface area (Å²) in [5, 5.41) is 13.6. The summed E-state index contributed by atoms with van der Waals surface area (Å²) in [7, 11) is 1.24. The summed E-state index contributed by atoms with van der Waals surface area (Å²) >= 11 is 6.31. The van der Waals surface area contributed by atoms with Crippen molar-refractivity contribution >= 4 is 29.3 Å². The fraction of sp³-hybridized carbons (Fsp3) is 0.480. The SMILES string of the molecule is CCOc1cc(C2C(C(=O)OC(C)C)=C(C)NC3=C2C(=O)C(C(=O)OC)C(C)C3)cc(Cl)c1O. The first-order chi connectivity index (χ1) is 16.0. The maximum atomic E-state index is 13.7. The lowest BCUT2D eigenvalue weighted by molar-refractivity contribution is -0.151. The van der Waals surface area contributed by atoms with Gasteiger partial charge in [0, 0.05) is 22.9 Å². The number of rotatable bonds is 6. The van der Waals surface area contributed by atoms with E-state index >= 15 is 0 Å². The van der Waals surface area contributed by atoms with Gasteiger partial charge in [-0.3, -0.25) is 9.59 Å². The second-order valence-corrected chi connectivity index (χ2v) is 9.18. The quantitative estimate of drug-likeness (QED) is 0.453. The van der Waals surface area contributed by atoms with Crippen LogP contribution in [0.5, 0.6) is 11.5 Å². The Morgan fingerprint density at radius 2 is 1.97 bits per heavy atom. The Morgan fingerprint density at radius 1 is 1.29 bits per heavy atom. The third-order valence-corrected chi connectivity index (χ3v) is 6.28. The summed E-state index contributed by atoms with van der Waals surface area (Å²) in [6.07, 6.45) is 0.0156. The average Bonchev–Trinajstić information content (AvgIpc) is 2.75. The number of methoxy groups -OCH3 is 1. The molecule has 0 saturated heterocycles. The van der Waals surface area contributed by atoms with E-state index in [-0.39, 0.29) is 40.2 Å². The smallest absolute Gasteiger partial charge is 0.337 e. The number of allylic oxidation sites excluding steroid dienone is 3. The van der Waals surface area contributed by atoms with Crippen molar-refractivity contribution in [2.24, 2.45) is 11.8 Å². The van der Waals surface area contributed by atoms with Crippen LogP contribution in [0.1, 0.15) is 52.5 Å². The molecular formula is C25H30ClNO7. The van der Waals surface area contributed by atoms with Crippen LogP contribution in [0.4, 0.5) is 0 Å². The third-order valence-electron chi connectivity index (χ3n) is 5.99. The predicted octanol–water partition coefficient (Wildman–Crippen LogP) is 4.01. The Balaban J connectivity index is 2.26. The van der Waals surface area contributed by atoms with Gasteiger partial charge in [-0.2, -0.15) is 0 Å². The van der Waals surface area contributed by atoms with Crippen molar-refractivity contribution in [1.29, 1.82) is 0 Å². The van der Waals surface area contributed by atoms with Crippen molar-refractivity contribution in [1.82, 2.24) is 5.32 Å². The van der Waals surface area contributed by atoms with E-state index < -0.39 is 35.7 Å². The molecule has 0 spiro atoms. The summed E-state index contributed by atoms with van der Waals surface area (Å²) in [5.41, 5.74) is 2.13. The molecule has 3 atom stereocenters. The molecule has 0 bridgehead atoms. The number of ether oxygens (including phenoxy) is 3. The van der Waals surface area contributed by atoms with Gasteiger partial charge in [0.05, 0.1) is 30.4 Å². The van der Waals surface area contributed by atoms with E-state index in [4.69, 9.17) is 25.8 Å². The van der Waals surface area contributed by atoms with Gasteiger partial charge in [-0.15, -0.1) is 0 Å². The van der Waals surface area contributed by atoms with Crippen molar-refractivity contribution in [3.05, 3.63) is 45.3 Å². The van der Waals surface area contributed by atoms with Crippen molar-refractivity contribution in [2.45, 2.75) is 53.1 Å². The summed E-state index contributed by atoms with van der Waals surface area (Å²) < 4.78 is 15.9. The Labute approximate surface area is 203 Å². The van der Waals surface area contributed by atoms with E-state index in [0.29, 0.717) is 23.4 Å². The first-order valence-electron chi connectivity index (χ1n) is 11.2. The lowest BCUT2D eigenvalue weighted by Crippen LogP contribution is -2.43. The van der Waals surface area contributed by atoms with Gasteiger partial charge in [0.1, 0.15) is 5.92 Å². The minimum Gasteiger partial charge on any atom is -0.503 e. The van der Waals surface area contributed by atoms with Crippen LogP contribution in [0.15, 0.2) is 34.7 Å². The first kappa shape index (κ1) is 25.6. The van der Waals surface area contributed by atoms with E-state index in [9.17, 15) is 19.5 Å². The molecule has 8 nitrogen and oxygen atoms in total. The number of Topliss-reactive ketones (excluding diaryl/α,β-unsaturated/α-hetero) is 1. The Morgan fingerprint density at radius 3 is 2.56 bits per heavy atom. The predicted molar refractivity (Wildman–Crippen MR) is 125 cm³/mol. The largest absolute Gasteiger partial charge is 0.503 e. The van der Waals surface area contributed by atoms with E-state index in [1.807, 2.05) is 6.92 Å². The summed E-state index contributed by atoms with van der Waals surface area (Å²) in [4.78, 5) is 39.5. The zero-order chi connectivity index (χ0) is 25.3. The zero-order valence-electron chi connectivity index (χ0n) is 20.2. The molecule has 0 fully saturated rings. The minimum atomic E-state index is -1.01. The zero-order valence-corrected chi connectivity index (χ0v) is 20.9. The summed E-state index contributed by atoms with van der Waals surface area (Å²) in [5.74, 6) is -3.95. The second-order valence-electron chi connectivity index (χ2n) is 8.77. The van der Waals surface area contributed by atoms with Crippen LogP contribution < -0.4 is 10.1 Å². The van der Waals surface area contributed by atoms with E-state index in [1.165, 1.54) is 13.2 Å². The number of benzene rings is 1. The van der Waals surface area contributed by atoms with Crippen LogP contribution >= 0.6 is 11.6 Å². The minimum absolute atomic E-state index is 0.0111. The highest BCUT2D eigenvalue weighted by atomic mass is 35.5. The molecule has 1 aromatic carbocycles. The van der Waals surface area contributed by atoms with Gasteiger partial charge in [0.2, 0.25) is 0 Å². The van der Waals surface area contributed by atoms with E-state index in [1.54, 1.807) is 33.8 Å². The van der Waals surface area contributed by atoms with Crippen LogP contribution in [0.2, 0.25) is 5.02 Å². The van der Waals surface area contributed by atoms with Crippen molar-refractivity contribution in [2.75, 3.05) is 13.7 Å². The molecule has 184 valence electrons. The monoisotopic (exact) mass is 491 g/mol. The average molecular weight is 492 g/mol. The summed E-state index contributed by atoms with van der Waals surface area (Å²) in [6.45, 7) is 9.04. The molecule has 1 aliphatic carbocycles. The van der Waals surface area contributed by atoms with Crippen LogP contribution in [0.3, 0.4) is 0 Å². The molecule has 0 aromatic heterocycles. The Bertz CT molecular complexity index is 1090. The molecule has 9 heteroatoms. The summed E-state index contributed by atoms with van der Waals surface area (Å²) in [6, 6.07) is 3.05. The highest BCUT2D eigenvalue weighted by Gasteiger charge is 2.47. The number of esters is 2. The topological polar surface area (TPSA) is 111 Å². The normalized spacial score (nSPS) is 22.4. The molecule has 1 aromatic rings. The number of phenolic OH excluding ortho intramolecular Hbond substituents is 1. The number of hydrogen-bond acceptors (Lipinski definition) is 8. The van der Waals surface area contributed by atoms with E-state index in [2.05, 4.69) is 5.32 Å². The number of ketones is 1. The standard InChI is InChI=1S/C25H30ClNO7/c1-7-33-17-10-14(9-15(26)22(17)28)20-19(25(31)34-11(2)3)13(5)27-16-8-12(4)18(24(30)32-6)23(29)21(16)20/h9-12,18,20,27-28H,7-8H2,1-6H3. The maximum Gasteiger partial charge on any atom is 0.337 e. The lowest BCUT2D eigenvalue weighted by Gasteiger charge is -2.38. The molecule has 0 saturated carbocycles. The van der Waals surface area contributed by atoms with Crippen LogP contribution in [0, 0.1) is 11.8 Å². The number of hydrogen-bond donors (Lipinski definition) is 2. The van der Waals surface area contributed by atoms with Crippen molar-refractivity contribution in [3.8, 4) is 11.5 Å². The number of phenols is 1. The van der Waals surface area contributed by atoms with Crippen LogP contribution in [-0.4, -0.2) is 42.6 Å². The molecule has 3 unspecified atom stereocenters. The van der Waals surface area contributed by atoms with E-state index in [0.717, 1.165) is 0 Å². The van der Waals surface area contributed by atoms with Gasteiger partial charge in [0.15, 0.2) is 17.3 Å². The van der Waals surface area contributed by atoms with Gasteiger partial charge in [0.25, 0.3) is 0 Å². The molecule has 2 aliphatic rings. The Kier molecular flexibility index (Phi) is 7.60. The molecule has 1 aliphatic heterocycles. The number of carbonyl (C=O) groups excluding carboxylic acids is 3. The molecule has 34 heavy (non-hydrogen) atoms. The molecule has 0 amide bonds. The van der Waals surface area contributed by atoms with Gasteiger partial charge in [-0.25, -0.2) is 4.79 Å². The lowest BCUT2D eigenvalue weighted by atomic mass is 9.69. The number of carbonyl (C=O) groups is 3. The van der Waals surface area contributed by atoms with Gasteiger partial charge >= 0.3 is 11.9 Å². The number of dihydropyridines is 1. The fourth-order valence-corrected chi connectivity index (χ4v) is 4.81. The van der Waals surface area contributed by atoms with Crippen molar-refractivity contribution in [3.63, 3.8) is 0 Å². The van der Waals surface area contributed by atoms with Crippen LogP contribution in [0.25, 0.3) is 0 Å². The first-order valence-corrected chi connectivity index (χ1v) is 11.6. The molecular weight excluding hydrogens is 462 g/mol. The molecule has 2 N–H and O–H groups in total. The van der Waals surface area contributed by atoms with Gasteiger partial charge in [-0.1, -0.05) is 18.5 Å². The van der Waals surface area contributed by atoms with Crippen LogP contribution in [-0.2, 0) is 23.9 Å². The number of halogens is 1.